The fourth-order valence-electron chi connectivity index (χ4n) is 2.00. The van der Waals surface area contributed by atoms with E-state index in [1.165, 1.54) is 0 Å². The standard InChI is InChI=1S/C14H13N3O/c1-18-11-5-2-9(3-6-11)14-12-8-10(15)4-7-13(12)16-17-14/h2-8H,15H2,1H3,(H,16,17). The topological polar surface area (TPSA) is 63.9 Å². The van der Waals surface area contributed by atoms with E-state index < -0.39 is 0 Å². The molecule has 0 fully saturated rings. The minimum atomic E-state index is 0.735. The number of hydrogen-bond acceptors (Lipinski definition) is 3. The number of nitrogens with two attached hydrogens (primary N) is 1. The van der Waals surface area contributed by atoms with Gasteiger partial charge in [-0.2, -0.15) is 5.10 Å². The van der Waals surface area contributed by atoms with Crippen molar-refractivity contribution in [1.29, 1.82) is 0 Å². The van der Waals surface area contributed by atoms with Gasteiger partial charge in [0.05, 0.1) is 18.3 Å². The summed E-state index contributed by atoms with van der Waals surface area (Å²) < 4.78 is 5.14. The first-order valence-electron chi connectivity index (χ1n) is 5.66. The fourth-order valence-corrected chi connectivity index (χ4v) is 2.00. The first-order valence-corrected chi connectivity index (χ1v) is 5.66. The van der Waals surface area contributed by atoms with E-state index in [2.05, 4.69) is 10.2 Å². The van der Waals surface area contributed by atoms with Crippen molar-refractivity contribution in [3.8, 4) is 17.0 Å². The smallest absolute Gasteiger partial charge is 0.118 e. The molecule has 0 aliphatic carbocycles. The first-order chi connectivity index (χ1) is 8.78. The van der Waals surface area contributed by atoms with Gasteiger partial charge in [-0.15, -0.1) is 0 Å². The largest absolute Gasteiger partial charge is 0.497 e. The van der Waals surface area contributed by atoms with Gasteiger partial charge in [-0.05, 0) is 42.5 Å². The van der Waals surface area contributed by atoms with Gasteiger partial charge in [0, 0.05) is 16.6 Å². The number of benzene rings is 2. The van der Waals surface area contributed by atoms with E-state index in [1.807, 2.05) is 42.5 Å². The number of hydrogen-bond donors (Lipinski definition) is 2. The highest BCUT2D eigenvalue weighted by atomic mass is 16.5. The van der Waals surface area contributed by atoms with Crippen LogP contribution in [0.2, 0.25) is 0 Å². The van der Waals surface area contributed by atoms with Crippen LogP contribution in [-0.4, -0.2) is 17.3 Å². The molecular formula is C14H13N3O. The highest BCUT2D eigenvalue weighted by molar-refractivity contribution is 5.94. The summed E-state index contributed by atoms with van der Waals surface area (Å²) >= 11 is 0. The SMILES string of the molecule is COc1ccc(-c2n[nH]c3ccc(N)cc23)cc1. The highest BCUT2D eigenvalue weighted by Gasteiger charge is 2.08. The van der Waals surface area contributed by atoms with Crippen molar-refractivity contribution in [2.45, 2.75) is 0 Å². The van der Waals surface area contributed by atoms with Crippen LogP contribution in [0.3, 0.4) is 0 Å². The van der Waals surface area contributed by atoms with Crippen LogP contribution in [0.15, 0.2) is 42.5 Å². The quantitative estimate of drug-likeness (QED) is 0.676. The van der Waals surface area contributed by atoms with Crippen LogP contribution < -0.4 is 10.5 Å². The maximum absolute atomic E-state index is 5.81. The Morgan fingerprint density at radius 2 is 1.89 bits per heavy atom. The molecule has 3 aromatic rings. The van der Waals surface area contributed by atoms with Gasteiger partial charge in [-0.3, -0.25) is 5.10 Å². The van der Waals surface area contributed by atoms with Crippen molar-refractivity contribution in [2.75, 3.05) is 12.8 Å². The van der Waals surface area contributed by atoms with Gasteiger partial charge in [0.1, 0.15) is 5.75 Å². The molecule has 2 aromatic carbocycles. The number of nitrogen functional groups attached to an aromatic ring is 1. The van der Waals surface area contributed by atoms with Crippen molar-refractivity contribution in [3.63, 3.8) is 0 Å². The minimum absolute atomic E-state index is 0.735. The Labute approximate surface area is 104 Å². The molecule has 4 heteroatoms. The molecule has 0 amide bonds. The summed E-state index contributed by atoms with van der Waals surface area (Å²) in [7, 11) is 1.65. The van der Waals surface area contributed by atoms with Gasteiger partial charge in [0.2, 0.25) is 0 Å². The lowest BCUT2D eigenvalue weighted by molar-refractivity contribution is 0.415. The normalized spacial score (nSPS) is 10.7. The van der Waals surface area contributed by atoms with Gasteiger partial charge in [0.25, 0.3) is 0 Å². The summed E-state index contributed by atoms with van der Waals surface area (Å²) in [6.45, 7) is 0. The molecule has 0 aliphatic heterocycles. The summed E-state index contributed by atoms with van der Waals surface area (Å²) in [5.41, 5.74) is 9.47. The molecule has 1 heterocycles. The number of nitrogens with one attached hydrogen (secondary N) is 1. The maximum atomic E-state index is 5.81. The lowest BCUT2D eigenvalue weighted by atomic mass is 10.1. The monoisotopic (exact) mass is 239 g/mol. The third kappa shape index (κ3) is 1.68. The summed E-state index contributed by atoms with van der Waals surface area (Å²) in [6, 6.07) is 13.5. The van der Waals surface area contributed by atoms with E-state index in [-0.39, 0.29) is 0 Å². The average Bonchev–Trinajstić information content (AvgIpc) is 2.82. The van der Waals surface area contributed by atoms with Crippen molar-refractivity contribution < 1.29 is 4.74 Å². The van der Waals surface area contributed by atoms with Crippen molar-refractivity contribution in [2.24, 2.45) is 0 Å². The van der Waals surface area contributed by atoms with Crippen LogP contribution in [0.4, 0.5) is 5.69 Å². The number of ether oxygens (including phenoxy) is 1. The zero-order valence-corrected chi connectivity index (χ0v) is 9.97. The van der Waals surface area contributed by atoms with Crippen LogP contribution >= 0.6 is 0 Å². The van der Waals surface area contributed by atoms with E-state index in [0.717, 1.165) is 33.6 Å². The Bertz CT molecular complexity index is 686. The van der Waals surface area contributed by atoms with E-state index in [1.54, 1.807) is 7.11 Å². The van der Waals surface area contributed by atoms with Crippen LogP contribution in [0, 0.1) is 0 Å². The maximum Gasteiger partial charge on any atom is 0.118 e. The summed E-state index contributed by atoms with van der Waals surface area (Å²) in [4.78, 5) is 0. The number of rotatable bonds is 2. The molecular weight excluding hydrogens is 226 g/mol. The second kappa shape index (κ2) is 4.07. The molecule has 0 spiro atoms. The van der Waals surface area contributed by atoms with Gasteiger partial charge in [0.15, 0.2) is 0 Å². The number of fused-ring (bicyclic) bond motifs is 1. The van der Waals surface area contributed by atoms with Crippen LogP contribution in [0.25, 0.3) is 22.2 Å². The molecule has 0 bridgehead atoms. The molecule has 0 radical (unpaired) electrons. The third-order valence-corrected chi connectivity index (χ3v) is 2.95. The number of methoxy groups -OCH3 is 1. The fraction of sp³-hybridized carbons (Fsp3) is 0.0714. The van der Waals surface area contributed by atoms with Gasteiger partial charge in [-0.1, -0.05) is 0 Å². The van der Waals surface area contributed by atoms with Crippen LogP contribution in [0.5, 0.6) is 5.75 Å². The Morgan fingerprint density at radius 3 is 2.61 bits per heavy atom. The summed E-state index contributed by atoms with van der Waals surface area (Å²) in [5, 5.41) is 8.37. The Hall–Kier alpha value is -2.49. The van der Waals surface area contributed by atoms with E-state index in [9.17, 15) is 0 Å². The van der Waals surface area contributed by atoms with Crippen molar-refractivity contribution >= 4 is 16.6 Å². The minimum Gasteiger partial charge on any atom is -0.497 e. The highest BCUT2D eigenvalue weighted by Crippen LogP contribution is 2.28. The van der Waals surface area contributed by atoms with Crippen LogP contribution in [-0.2, 0) is 0 Å². The summed E-state index contributed by atoms with van der Waals surface area (Å²) in [5.74, 6) is 0.832. The molecule has 0 aliphatic rings. The molecule has 0 saturated heterocycles. The molecule has 3 N–H and O–H groups in total. The molecule has 1 aromatic heterocycles. The number of H-pyrrole nitrogens is 1. The Balaban J connectivity index is 2.15. The molecule has 0 atom stereocenters. The first kappa shape index (κ1) is 10.7. The zero-order valence-electron chi connectivity index (χ0n) is 9.97. The zero-order chi connectivity index (χ0) is 12.5. The van der Waals surface area contributed by atoms with Crippen molar-refractivity contribution in [3.05, 3.63) is 42.5 Å². The number of aromatic amines is 1. The number of nitrogens with zero attached hydrogens (tertiary/aromatic N) is 1. The average molecular weight is 239 g/mol. The predicted molar refractivity (Wildman–Crippen MR) is 72.5 cm³/mol. The molecule has 3 rings (SSSR count). The lowest BCUT2D eigenvalue weighted by Gasteiger charge is -2.01. The molecule has 0 unspecified atom stereocenters. The second-order valence-electron chi connectivity index (χ2n) is 4.11. The van der Waals surface area contributed by atoms with Gasteiger partial charge >= 0.3 is 0 Å². The van der Waals surface area contributed by atoms with E-state index in [0.29, 0.717) is 0 Å². The second-order valence-corrected chi connectivity index (χ2v) is 4.11. The Morgan fingerprint density at radius 1 is 1.11 bits per heavy atom. The van der Waals surface area contributed by atoms with Gasteiger partial charge < -0.3 is 10.5 Å². The summed E-state index contributed by atoms with van der Waals surface area (Å²) in [6.07, 6.45) is 0. The molecule has 18 heavy (non-hydrogen) atoms. The van der Waals surface area contributed by atoms with E-state index in [4.69, 9.17) is 10.5 Å². The van der Waals surface area contributed by atoms with Crippen LogP contribution in [0.1, 0.15) is 0 Å². The predicted octanol–water partition coefficient (Wildman–Crippen LogP) is 2.82. The Kier molecular flexibility index (Phi) is 2.41. The molecule has 4 nitrogen and oxygen atoms in total. The van der Waals surface area contributed by atoms with Crippen molar-refractivity contribution in [1.82, 2.24) is 10.2 Å². The lowest BCUT2D eigenvalue weighted by Crippen LogP contribution is -1.85. The van der Waals surface area contributed by atoms with Gasteiger partial charge in [-0.25, -0.2) is 0 Å². The molecule has 90 valence electrons. The third-order valence-electron chi connectivity index (χ3n) is 2.95. The molecule has 0 saturated carbocycles. The number of aromatic nitrogens is 2. The van der Waals surface area contributed by atoms with E-state index >= 15 is 0 Å². The number of anilines is 1.